The van der Waals surface area contributed by atoms with E-state index in [9.17, 15) is 8.78 Å². The molecule has 1 aliphatic carbocycles. The quantitative estimate of drug-likeness (QED) is 0.222. The molecule has 5 N–H and O–H groups in total. The molecule has 1 aliphatic rings. The van der Waals surface area contributed by atoms with Gasteiger partial charge in [0.25, 0.3) is 0 Å². The molecular weight excluding hydrogens is 488 g/mol. The summed E-state index contributed by atoms with van der Waals surface area (Å²) in [6.07, 6.45) is 9.78. The molecule has 0 radical (unpaired) electrons. The molecule has 0 amide bonds. The Morgan fingerprint density at radius 1 is 1.32 bits per heavy atom. The van der Waals surface area contributed by atoms with Crippen molar-refractivity contribution in [2.75, 3.05) is 11.9 Å². The summed E-state index contributed by atoms with van der Waals surface area (Å²) in [5.74, 6) is -0.670. The molecule has 2 aromatic heterocycles. The third kappa shape index (κ3) is 6.30. The molecule has 0 bridgehead atoms. The lowest BCUT2D eigenvalue weighted by Crippen LogP contribution is -2.46. The number of allylic oxidation sites excluding steroid dienone is 1. The zero-order valence-corrected chi connectivity index (χ0v) is 21.3. The summed E-state index contributed by atoms with van der Waals surface area (Å²) in [6, 6.07) is 6.32. The summed E-state index contributed by atoms with van der Waals surface area (Å²) in [5, 5.41) is 20.1. The van der Waals surface area contributed by atoms with E-state index in [1.165, 1.54) is 24.3 Å². The van der Waals surface area contributed by atoms with Crippen LogP contribution < -0.4 is 11.1 Å². The van der Waals surface area contributed by atoms with E-state index in [4.69, 9.17) is 21.1 Å². The maximum absolute atomic E-state index is 14.2. The van der Waals surface area contributed by atoms with Crippen LogP contribution in [0.4, 0.5) is 20.4 Å². The van der Waals surface area contributed by atoms with Crippen molar-refractivity contribution in [3.05, 3.63) is 76.9 Å². The number of H-pyrrole nitrogens is 1. The van der Waals surface area contributed by atoms with Crippen molar-refractivity contribution in [2.24, 2.45) is 11.7 Å². The van der Waals surface area contributed by atoms with Gasteiger partial charge in [0.1, 0.15) is 11.6 Å². The molecule has 3 aromatic rings. The van der Waals surface area contributed by atoms with Crippen LogP contribution in [0.3, 0.4) is 0 Å². The Balaban J connectivity index is 1.44. The van der Waals surface area contributed by atoms with E-state index in [2.05, 4.69) is 33.3 Å². The second-order valence-electron chi connectivity index (χ2n) is 9.68. The van der Waals surface area contributed by atoms with Crippen LogP contribution in [0.5, 0.6) is 0 Å². The highest BCUT2D eigenvalue weighted by molar-refractivity contribution is 6.09. The van der Waals surface area contributed by atoms with Gasteiger partial charge in [-0.15, -0.1) is 0 Å². The monoisotopic (exact) mass is 519 g/mol. The van der Waals surface area contributed by atoms with Crippen LogP contribution in [0, 0.1) is 41.2 Å². The molecule has 0 saturated heterocycles. The minimum Gasteiger partial charge on any atom is -0.375 e. The van der Waals surface area contributed by atoms with Gasteiger partial charge in [0.15, 0.2) is 0 Å². The topological polar surface area (TPSA) is 136 Å². The van der Waals surface area contributed by atoms with Crippen LogP contribution in [0.15, 0.2) is 42.9 Å². The lowest BCUT2D eigenvalue weighted by atomic mass is 9.74. The van der Waals surface area contributed by atoms with Crippen molar-refractivity contribution < 1.29 is 13.5 Å². The van der Waals surface area contributed by atoms with Gasteiger partial charge in [-0.2, -0.15) is 5.26 Å². The van der Waals surface area contributed by atoms with Crippen LogP contribution in [0.2, 0.25) is 0 Å². The first-order chi connectivity index (χ1) is 18.3. The van der Waals surface area contributed by atoms with Crippen LogP contribution >= 0.6 is 0 Å². The number of hydrogen-bond donors (Lipinski definition) is 4. The van der Waals surface area contributed by atoms with Crippen LogP contribution in [0.1, 0.15) is 54.5 Å². The normalized spacial score (nSPS) is 21.4. The smallest absolute Gasteiger partial charge is 0.205 e. The molecule has 10 heteroatoms. The van der Waals surface area contributed by atoms with Gasteiger partial charge < -0.3 is 26.2 Å². The SMILES string of the molecule is Cc1cc(F)c(C(=N)/C=C\c2cnc(Nc3cnccc3[C@H]3C[C@@H](N)[C@@H](OCCC#N)[C@@H](C)C3)[nH]2)c(F)c1. The molecule has 0 aliphatic heterocycles. The number of aryl methyl sites for hydroxylation is 1. The number of ether oxygens (including phenoxy) is 1. The maximum Gasteiger partial charge on any atom is 0.205 e. The summed E-state index contributed by atoms with van der Waals surface area (Å²) < 4.78 is 34.3. The Hall–Kier alpha value is -3.94. The minimum atomic E-state index is -0.773. The molecule has 4 atom stereocenters. The van der Waals surface area contributed by atoms with Crippen LogP contribution in [0.25, 0.3) is 6.08 Å². The molecule has 1 fully saturated rings. The van der Waals surface area contributed by atoms with Gasteiger partial charge in [-0.3, -0.25) is 4.98 Å². The highest BCUT2D eigenvalue weighted by Gasteiger charge is 2.35. The van der Waals surface area contributed by atoms with Crippen LogP contribution in [-0.2, 0) is 4.74 Å². The average Bonchev–Trinajstić information content (AvgIpc) is 3.31. The third-order valence-corrected chi connectivity index (χ3v) is 6.75. The van der Waals surface area contributed by atoms with Gasteiger partial charge in [-0.1, -0.05) is 6.92 Å². The Morgan fingerprint density at radius 3 is 2.79 bits per heavy atom. The molecule has 198 valence electrons. The Bertz CT molecular complexity index is 1330. The number of halogens is 2. The average molecular weight is 520 g/mol. The van der Waals surface area contributed by atoms with Crippen molar-refractivity contribution >= 4 is 23.4 Å². The van der Waals surface area contributed by atoms with Crippen molar-refractivity contribution in [1.82, 2.24) is 15.0 Å². The summed E-state index contributed by atoms with van der Waals surface area (Å²) in [4.78, 5) is 11.7. The molecule has 1 saturated carbocycles. The number of aromatic amines is 1. The standard InChI is InChI=1S/C28H31F2N7O/c1-16-10-21(29)26(22(30)11-16)23(32)5-4-19-14-35-28(36-19)37-25-15-34-8-6-20(25)18-12-17(2)27(24(33)13-18)38-9-3-7-31/h4-6,8,10-11,14-15,17-18,24,27,32H,3,9,12-13,33H2,1-2H3,(H2,35,36,37)/b5-4-,32-23?/t17-,18+,24+,27-/m0/s1. The summed E-state index contributed by atoms with van der Waals surface area (Å²) in [6.45, 7) is 4.10. The molecule has 38 heavy (non-hydrogen) atoms. The van der Waals surface area contributed by atoms with Crippen molar-refractivity contribution in [3.63, 3.8) is 0 Å². The Kier molecular flexibility index (Phi) is 8.61. The third-order valence-electron chi connectivity index (χ3n) is 6.75. The molecule has 2 heterocycles. The van der Waals surface area contributed by atoms with Gasteiger partial charge in [-0.05, 0) is 73.1 Å². The van der Waals surface area contributed by atoms with Gasteiger partial charge in [0.2, 0.25) is 5.95 Å². The lowest BCUT2D eigenvalue weighted by Gasteiger charge is -2.39. The van der Waals surface area contributed by atoms with Gasteiger partial charge in [0, 0.05) is 12.2 Å². The highest BCUT2D eigenvalue weighted by atomic mass is 19.1. The molecule has 4 rings (SSSR count). The number of rotatable bonds is 9. The zero-order chi connectivity index (χ0) is 27.2. The summed E-state index contributed by atoms with van der Waals surface area (Å²) in [5.41, 5.74) is 8.69. The number of nitrogens with one attached hydrogen (secondary N) is 3. The second-order valence-corrected chi connectivity index (χ2v) is 9.68. The fraction of sp³-hybridized carbons (Fsp3) is 0.357. The number of nitrogens with zero attached hydrogens (tertiary/aromatic N) is 3. The van der Waals surface area contributed by atoms with E-state index in [1.807, 2.05) is 6.07 Å². The Morgan fingerprint density at radius 2 is 2.08 bits per heavy atom. The Labute approximate surface area is 220 Å². The lowest BCUT2D eigenvalue weighted by molar-refractivity contribution is -0.0198. The fourth-order valence-electron chi connectivity index (χ4n) is 5.04. The predicted octanol–water partition coefficient (Wildman–Crippen LogP) is 5.36. The number of imidazole rings is 1. The number of aromatic nitrogens is 3. The van der Waals surface area contributed by atoms with Gasteiger partial charge >= 0.3 is 0 Å². The first-order valence-corrected chi connectivity index (χ1v) is 12.5. The van der Waals surface area contributed by atoms with E-state index >= 15 is 0 Å². The fourth-order valence-corrected chi connectivity index (χ4v) is 5.04. The van der Waals surface area contributed by atoms with Crippen molar-refractivity contribution in [2.45, 2.75) is 51.2 Å². The molecule has 0 spiro atoms. The van der Waals surface area contributed by atoms with Crippen molar-refractivity contribution in [1.29, 1.82) is 10.7 Å². The highest BCUT2D eigenvalue weighted by Crippen LogP contribution is 2.40. The predicted molar refractivity (Wildman–Crippen MR) is 142 cm³/mol. The van der Waals surface area contributed by atoms with Crippen molar-refractivity contribution in [3.8, 4) is 6.07 Å². The van der Waals surface area contributed by atoms with Gasteiger partial charge in [-0.25, -0.2) is 13.8 Å². The molecule has 1 aromatic carbocycles. The number of hydrogen-bond acceptors (Lipinski definition) is 7. The molecular formula is C28H31F2N7O. The number of nitriles is 1. The second kappa shape index (κ2) is 12.1. The van der Waals surface area contributed by atoms with E-state index in [0.29, 0.717) is 30.2 Å². The van der Waals surface area contributed by atoms with E-state index < -0.39 is 11.6 Å². The summed E-state index contributed by atoms with van der Waals surface area (Å²) in [7, 11) is 0. The largest absolute Gasteiger partial charge is 0.375 e. The van der Waals surface area contributed by atoms with E-state index in [1.54, 1.807) is 25.5 Å². The number of nitrogens with two attached hydrogens (primary N) is 1. The number of benzene rings is 1. The van der Waals surface area contributed by atoms with E-state index in [0.717, 1.165) is 24.1 Å². The summed E-state index contributed by atoms with van der Waals surface area (Å²) >= 11 is 0. The first kappa shape index (κ1) is 27.1. The number of pyridine rings is 1. The van der Waals surface area contributed by atoms with Crippen LogP contribution in [-0.4, -0.2) is 39.4 Å². The number of anilines is 2. The zero-order valence-electron chi connectivity index (χ0n) is 21.3. The molecule has 0 unspecified atom stereocenters. The minimum absolute atomic E-state index is 0.0853. The molecule has 8 nitrogen and oxygen atoms in total. The maximum atomic E-state index is 14.2. The van der Waals surface area contributed by atoms with E-state index in [-0.39, 0.29) is 35.3 Å². The van der Waals surface area contributed by atoms with Gasteiger partial charge in [0.05, 0.1) is 60.3 Å². The first-order valence-electron chi connectivity index (χ1n) is 12.5.